The summed E-state index contributed by atoms with van der Waals surface area (Å²) in [6.45, 7) is 0. The van der Waals surface area contributed by atoms with Crippen LogP contribution in [0.2, 0.25) is 15.1 Å². The lowest BCUT2D eigenvalue weighted by Crippen LogP contribution is -2.22. The van der Waals surface area contributed by atoms with E-state index in [4.69, 9.17) is 40.5 Å². The number of carbonyl (C=O) groups excluding carboxylic acids is 1. The van der Waals surface area contributed by atoms with Crippen LogP contribution in [-0.4, -0.2) is 14.3 Å². The molecule has 1 amide bonds. The molecule has 0 aliphatic rings. The Kier molecular flexibility index (Phi) is 5.93. The summed E-state index contributed by atoms with van der Waals surface area (Å²) in [5, 5.41) is 1.08. The van der Waals surface area contributed by atoms with E-state index in [1.54, 1.807) is 24.3 Å². The summed E-state index contributed by atoms with van der Waals surface area (Å²) in [7, 11) is -3.96. The zero-order valence-corrected chi connectivity index (χ0v) is 15.3. The summed E-state index contributed by atoms with van der Waals surface area (Å²) in [6, 6.07) is 10.7. The van der Waals surface area contributed by atoms with Gasteiger partial charge in [-0.15, -0.1) is 0 Å². The first kappa shape index (κ1) is 18.8. The zero-order valence-electron chi connectivity index (χ0n) is 12.2. The van der Waals surface area contributed by atoms with E-state index < -0.39 is 20.6 Å². The summed E-state index contributed by atoms with van der Waals surface area (Å²) in [5.41, 5.74) is 6.06. The van der Waals surface area contributed by atoms with Crippen molar-refractivity contribution < 1.29 is 13.2 Å². The van der Waals surface area contributed by atoms with Crippen molar-refractivity contribution in [1.29, 1.82) is 0 Å². The minimum absolute atomic E-state index is 0.211. The second-order valence-electron chi connectivity index (χ2n) is 4.92. The van der Waals surface area contributed by atoms with Crippen molar-refractivity contribution in [2.24, 2.45) is 5.73 Å². The second-order valence-corrected chi connectivity index (χ2v) is 8.16. The average molecular weight is 405 g/mol. The van der Waals surface area contributed by atoms with Gasteiger partial charge in [0.15, 0.2) is 9.84 Å². The van der Waals surface area contributed by atoms with E-state index in [1.165, 1.54) is 18.2 Å². The van der Waals surface area contributed by atoms with Crippen molar-refractivity contribution in [2.45, 2.75) is 5.75 Å². The molecule has 2 aromatic rings. The Balaban J connectivity index is 2.43. The Bertz CT molecular complexity index is 907. The standard InChI is InChI=1S/C16H12Cl3NO3S/c17-12-4-1-10(2-5-12)9-24(22,23)15(16(20)21)7-11-3-6-13(18)8-14(11)19/h1-8H,9H2,(H2,20,21)/b15-7-. The molecule has 0 radical (unpaired) electrons. The van der Waals surface area contributed by atoms with E-state index >= 15 is 0 Å². The van der Waals surface area contributed by atoms with Crippen LogP contribution >= 0.6 is 34.8 Å². The van der Waals surface area contributed by atoms with Crippen LogP contribution in [0.5, 0.6) is 0 Å². The van der Waals surface area contributed by atoms with Gasteiger partial charge in [0.25, 0.3) is 5.91 Å². The van der Waals surface area contributed by atoms with Crippen LogP contribution in [-0.2, 0) is 20.4 Å². The molecule has 0 aliphatic carbocycles. The van der Waals surface area contributed by atoms with Crippen LogP contribution in [0.15, 0.2) is 47.4 Å². The maximum atomic E-state index is 12.5. The molecule has 0 atom stereocenters. The number of amides is 1. The lowest BCUT2D eigenvalue weighted by Gasteiger charge is -2.08. The molecule has 4 nitrogen and oxygen atoms in total. The maximum Gasteiger partial charge on any atom is 0.260 e. The van der Waals surface area contributed by atoms with Crippen molar-refractivity contribution >= 4 is 56.6 Å². The molecule has 0 bridgehead atoms. The largest absolute Gasteiger partial charge is 0.365 e. The number of benzene rings is 2. The molecule has 2 rings (SSSR count). The van der Waals surface area contributed by atoms with Crippen molar-refractivity contribution in [1.82, 2.24) is 0 Å². The van der Waals surface area contributed by atoms with Gasteiger partial charge in [0, 0.05) is 15.1 Å². The molecule has 24 heavy (non-hydrogen) atoms. The number of hydrogen-bond donors (Lipinski definition) is 1. The van der Waals surface area contributed by atoms with Gasteiger partial charge in [-0.25, -0.2) is 8.42 Å². The van der Waals surface area contributed by atoms with Crippen LogP contribution < -0.4 is 5.73 Å². The molecule has 0 unspecified atom stereocenters. The van der Waals surface area contributed by atoms with Gasteiger partial charge < -0.3 is 5.73 Å². The molecule has 0 spiro atoms. The zero-order chi connectivity index (χ0) is 17.9. The van der Waals surface area contributed by atoms with Crippen LogP contribution in [0.25, 0.3) is 6.08 Å². The van der Waals surface area contributed by atoms with Gasteiger partial charge in [-0.05, 0) is 41.5 Å². The molecular formula is C16H12Cl3NO3S. The third kappa shape index (κ3) is 4.74. The number of nitrogens with two attached hydrogens (primary N) is 1. The topological polar surface area (TPSA) is 77.2 Å². The van der Waals surface area contributed by atoms with Crippen molar-refractivity contribution in [3.63, 3.8) is 0 Å². The maximum absolute atomic E-state index is 12.5. The van der Waals surface area contributed by atoms with Gasteiger partial charge in [-0.3, -0.25) is 4.79 Å². The first-order valence-corrected chi connectivity index (χ1v) is 9.41. The summed E-state index contributed by atoms with van der Waals surface area (Å²) >= 11 is 17.6. The van der Waals surface area contributed by atoms with Gasteiger partial charge in [0.1, 0.15) is 4.91 Å². The Morgan fingerprint density at radius 3 is 2.12 bits per heavy atom. The predicted molar refractivity (Wildman–Crippen MR) is 97.7 cm³/mol. The number of carbonyl (C=O) groups is 1. The smallest absolute Gasteiger partial charge is 0.260 e. The van der Waals surface area contributed by atoms with Crippen molar-refractivity contribution in [3.05, 3.63) is 73.6 Å². The summed E-state index contributed by atoms with van der Waals surface area (Å²) in [4.78, 5) is 11.1. The fourth-order valence-electron chi connectivity index (χ4n) is 1.95. The first-order valence-electron chi connectivity index (χ1n) is 6.63. The van der Waals surface area contributed by atoms with Gasteiger partial charge >= 0.3 is 0 Å². The summed E-state index contributed by atoms with van der Waals surface area (Å²) in [6.07, 6.45) is 1.15. The quantitative estimate of drug-likeness (QED) is 0.762. The summed E-state index contributed by atoms with van der Waals surface area (Å²) < 4.78 is 25.1. The highest BCUT2D eigenvalue weighted by molar-refractivity contribution is 7.95. The molecule has 0 aromatic heterocycles. The molecule has 0 heterocycles. The Morgan fingerprint density at radius 1 is 1.00 bits per heavy atom. The molecule has 0 aliphatic heterocycles. The molecule has 2 N–H and O–H groups in total. The van der Waals surface area contributed by atoms with E-state index in [2.05, 4.69) is 0 Å². The third-order valence-electron chi connectivity index (χ3n) is 3.10. The van der Waals surface area contributed by atoms with E-state index in [-0.39, 0.29) is 10.8 Å². The van der Waals surface area contributed by atoms with Gasteiger partial charge in [-0.1, -0.05) is 53.0 Å². The molecular weight excluding hydrogens is 393 g/mol. The fourth-order valence-corrected chi connectivity index (χ4v) is 3.94. The lowest BCUT2D eigenvalue weighted by molar-refractivity contribution is -0.113. The monoisotopic (exact) mass is 403 g/mol. The van der Waals surface area contributed by atoms with Crippen LogP contribution in [0.3, 0.4) is 0 Å². The highest BCUT2D eigenvalue weighted by Gasteiger charge is 2.24. The number of primary amides is 1. The Morgan fingerprint density at radius 2 is 1.58 bits per heavy atom. The van der Waals surface area contributed by atoms with Crippen LogP contribution in [0, 0.1) is 0 Å². The van der Waals surface area contributed by atoms with Crippen LogP contribution in [0.1, 0.15) is 11.1 Å². The first-order chi connectivity index (χ1) is 11.2. The number of halogens is 3. The van der Waals surface area contributed by atoms with Gasteiger partial charge in [0.2, 0.25) is 0 Å². The number of rotatable bonds is 5. The number of hydrogen-bond acceptors (Lipinski definition) is 3. The Labute approximate surface area is 154 Å². The second kappa shape index (κ2) is 7.57. The minimum atomic E-state index is -3.96. The van der Waals surface area contributed by atoms with Gasteiger partial charge in [0.05, 0.1) is 5.75 Å². The highest BCUT2D eigenvalue weighted by Crippen LogP contribution is 2.25. The van der Waals surface area contributed by atoms with Crippen molar-refractivity contribution in [3.8, 4) is 0 Å². The molecule has 8 heteroatoms. The molecule has 2 aromatic carbocycles. The van der Waals surface area contributed by atoms with E-state index in [0.717, 1.165) is 6.08 Å². The highest BCUT2D eigenvalue weighted by atomic mass is 35.5. The minimum Gasteiger partial charge on any atom is -0.365 e. The van der Waals surface area contributed by atoms with Crippen molar-refractivity contribution in [2.75, 3.05) is 0 Å². The third-order valence-corrected chi connectivity index (χ3v) is 5.61. The van der Waals surface area contributed by atoms with E-state index in [0.29, 0.717) is 21.2 Å². The van der Waals surface area contributed by atoms with Crippen LogP contribution in [0.4, 0.5) is 0 Å². The fraction of sp³-hybridized carbons (Fsp3) is 0.0625. The lowest BCUT2D eigenvalue weighted by atomic mass is 10.2. The molecule has 0 fully saturated rings. The molecule has 126 valence electrons. The molecule has 0 saturated heterocycles. The summed E-state index contributed by atoms with van der Waals surface area (Å²) in [5.74, 6) is -1.44. The average Bonchev–Trinajstić information content (AvgIpc) is 2.48. The van der Waals surface area contributed by atoms with E-state index in [9.17, 15) is 13.2 Å². The van der Waals surface area contributed by atoms with E-state index in [1.807, 2.05) is 0 Å². The Hall–Kier alpha value is -1.53. The molecule has 0 saturated carbocycles. The SMILES string of the molecule is NC(=O)/C(=C/c1ccc(Cl)cc1Cl)S(=O)(=O)Cc1ccc(Cl)cc1. The number of sulfone groups is 1. The normalized spacial score (nSPS) is 12.2. The van der Waals surface area contributed by atoms with Gasteiger partial charge in [-0.2, -0.15) is 0 Å². The predicted octanol–water partition coefficient (Wildman–Crippen LogP) is 4.09.